The summed E-state index contributed by atoms with van der Waals surface area (Å²) in [6.07, 6.45) is 2.81. The fourth-order valence-corrected chi connectivity index (χ4v) is 6.28. The highest BCUT2D eigenvalue weighted by Gasteiger charge is 2.45. The molecule has 0 aromatic carbocycles. The molecule has 0 aromatic heterocycles. The maximum atomic E-state index is 13.9. The Kier molecular flexibility index (Phi) is 12.3. The molecule has 0 aromatic rings. The summed E-state index contributed by atoms with van der Waals surface area (Å²) in [5, 5.41) is 0. The first kappa shape index (κ1) is 26.8. The number of carbonyl (C=O) groups excluding carboxylic acids is 1. The molecular weight excluding hydrogens is 359 g/mol. The second kappa shape index (κ2) is 12.4. The zero-order chi connectivity index (χ0) is 21.4. The maximum absolute atomic E-state index is 13.9. The Bertz CT molecular complexity index is 429. The minimum Gasteiger partial charge on any atom is -0.299 e. The van der Waals surface area contributed by atoms with Crippen LogP contribution >= 0.6 is 7.60 Å². The Morgan fingerprint density at radius 1 is 0.778 bits per heavy atom. The van der Waals surface area contributed by atoms with E-state index in [4.69, 9.17) is 9.05 Å². The van der Waals surface area contributed by atoms with Crippen molar-refractivity contribution in [1.82, 2.24) is 0 Å². The summed E-state index contributed by atoms with van der Waals surface area (Å²) in [7, 11) is -3.89. The van der Waals surface area contributed by atoms with Gasteiger partial charge in [0.1, 0.15) is 0 Å². The number of unbranched alkanes of at least 4 members (excludes halogenated alkanes) is 1. The van der Waals surface area contributed by atoms with Crippen LogP contribution in [0.4, 0.5) is 0 Å². The molecule has 0 fully saturated rings. The maximum Gasteiger partial charge on any atom is 0.397 e. The Balaban J connectivity index is 5.90. The molecule has 0 aliphatic heterocycles. The standard InChI is InChI=1S/C22H45O4P/c1-11-13-14-19(12-2)22(23)27(24,25-20(15(3)4)16(5)6)26-21(17(7)8)18(9)10/h15-21H,11-14H2,1-10H3. The number of hydrogen-bond donors (Lipinski definition) is 0. The average Bonchev–Trinajstić information content (AvgIpc) is 2.57. The quantitative estimate of drug-likeness (QED) is 0.285. The zero-order valence-corrected chi connectivity index (χ0v) is 20.3. The third-order valence-corrected chi connectivity index (χ3v) is 7.11. The summed E-state index contributed by atoms with van der Waals surface area (Å²) < 4.78 is 26.1. The van der Waals surface area contributed by atoms with E-state index in [2.05, 4.69) is 6.92 Å². The fraction of sp³-hybridized carbons (Fsp3) is 0.955. The van der Waals surface area contributed by atoms with Crippen molar-refractivity contribution in [3.63, 3.8) is 0 Å². The molecule has 4 nitrogen and oxygen atoms in total. The van der Waals surface area contributed by atoms with Crippen LogP contribution in [-0.4, -0.2) is 17.7 Å². The van der Waals surface area contributed by atoms with Gasteiger partial charge in [-0.1, -0.05) is 82.1 Å². The topological polar surface area (TPSA) is 52.6 Å². The van der Waals surface area contributed by atoms with Crippen molar-refractivity contribution < 1.29 is 18.4 Å². The van der Waals surface area contributed by atoms with Crippen LogP contribution < -0.4 is 0 Å². The summed E-state index contributed by atoms with van der Waals surface area (Å²) in [4.78, 5) is 13.4. The van der Waals surface area contributed by atoms with Crippen LogP contribution in [-0.2, 0) is 18.4 Å². The van der Waals surface area contributed by atoms with Gasteiger partial charge < -0.3 is 0 Å². The van der Waals surface area contributed by atoms with E-state index >= 15 is 0 Å². The lowest BCUT2D eigenvalue weighted by Gasteiger charge is -2.34. The molecule has 0 saturated carbocycles. The first-order valence-corrected chi connectivity index (χ1v) is 12.5. The highest BCUT2D eigenvalue weighted by Crippen LogP contribution is 2.56. The van der Waals surface area contributed by atoms with Gasteiger partial charge in [-0.15, -0.1) is 0 Å². The molecule has 0 aliphatic carbocycles. The Morgan fingerprint density at radius 2 is 1.15 bits per heavy atom. The van der Waals surface area contributed by atoms with E-state index in [0.717, 1.165) is 19.3 Å². The van der Waals surface area contributed by atoms with Gasteiger partial charge >= 0.3 is 7.60 Å². The molecule has 0 saturated heterocycles. The average molecular weight is 405 g/mol. The van der Waals surface area contributed by atoms with E-state index in [1.54, 1.807) is 0 Å². The summed E-state index contributed by atoms with van der Waals surface area (Å²) in [5.74, 6) is 0.351. The Morgan fingerprint density at radius 3 is 1.41 bits per heavy atom. The third-order valence-electron chi connectivity index (χ3n) is 5.17. The highest BCUT2D eigenvalue weighted by atomic mass is 31.2. The largest absolute Gasteiger partial charge is 0.397 e. The molecule has 0 aliphatic rings. The lowest BCUT2D eigenvalue weighted by molar-refractivity contribution is -0.119. The Hall–Kier alpha value is -0.180. The molecule has 1 unspecified atom stereocenters. The van der Waals surface area contributed by atoms with E-state index in [1.165, 1.54) is 0 Å². The molecule has 27 heavy (non-hydrogen) atoms. The van der Waals surface area contributed by atoms with Crippen LogP contribution in [0.2, 0.25) is 0 Å². The van der Waals surface area contributed by atoms with Crippen molar-refractivity contribution in [1.29, 1.82) is 0 Å². The van der Waals surface area contributed by atoms with Crippen molar-refractivity contribution in [2.45, 2.75) is 107 Å². The minimum absolute atomic E-state index is 0.155. The van der Waals surface area contributed by atoms with E-state index in [0.29, 0.717) is 6.42 Å². The molecule has 0 bridgehead atoms. The summed E-state index contributed by atoms with van der Waals surface area (Å²) in [5.41, 5.74) is -0.323. The van der Waals surface area contributed by atoms with Crippen LogP contribution in [0, 0.1) is 29.6 Å². The molecule has 0 rings (SSSR count). The fourth-order valence-electron chi connectivity index (χ4n) is 3.65. The van der Waals surface area contributed by atoms with Crippen LogP contribution in [0.5, 0.6) is 0 Å². The molecule has 0 radical (unpaired) electrons. The number of rotatable bonds is 14. The number of carbonyl (C=O) groups is 1. The first-order valence-electron chi connectivity index (χ1n) is 10.9. The predicted molar refractivity (Wildman–Crippen MR) is 115 cm³/mol. The predicted octanol–water partition coefficient (Wildman–Crippen LogP) is 7.32. The van der Waals surface area contributed by atoms with Crippen molar-refractivity contribution >= 4 is 13.1 Å². The Labute approximate surface area is 168 Å². The second-order valence-corrected chi connectivity index (χ2v) is 11.1. The van der Waals surface area contributed by atoms with E-state index in [-0.39, 0.29) is 47.3 Å². The molecule has 0 spiro atoms. The molecular formula is C22H45O4P. The SMILES string of the molecule is CCCCC(CC)C(=O)P(=O)(OC(C(C)C)C(C)C)OC(C(C)C)C(C)C. The molecule has 0 amide bonds. The van der Waals surface area contributed by atoms with Gasteiger partial charge in [-0.05, 0) is 36.5 Å². The molecule has 5 heteroatoms. The highest BCUT2D eigenvalue weighted by molar-refractivity contribution is 7.71. The molecule has 0 N–H and O–H groups in total. The van der Waals surface area contributed by atoms with Gasteiger partial charge in [-0.25, -0.2) is 0 Å². The normalized spacial score (nSPS) is 14.4. The lowest BCUT2D eigenvalue weighted by atomic mass is 9.97. The van der Waals surface area contributed by atoms with Gasteiger partial charge in [0, 0.05) is 5.92 Å². The molecule has 0 heterocycles. The van der Waals surface area contributed by atoms with Gasteiger partial charge in [0.15, 0.2) is 0 Å². The summed E-state index contributed by atoms with van der Waals surface area (Å²) in [6.45, 7) is 20.4. The van der Waals surface area contributed by atoms with Crippen molar-refractivity contribution in [3.05, 3.63) is 0 Å². The summed E-state index contributed by atoms with van der Waals surface area (Å²) >= 11 is 0. The van der Waals surface area contributed by atoms with E-state index in [1.807, 2.05) is 62.3 Å². The number of hydrogen-bond acceptors (Lipinski definition) is 4. The van der Waals surface area contributed by atoms with Gasteiger partial charge in [0.25, 0.3) is 0 Å². The van der Waals surface area contributed by atoms with E-state index < -0.39 is 7.60 Å². The molecule has 1 atom stereocenters. The van der Waals surface area contributed by atoms with Crippen LogP contribution in [0.15, 0.2) is 0 Å². The summed E-state index contributed by atoms with van der Waals surface area (Å²) in [6, 6.07) is 0. The van der Waals surface area contributed by atoms with Gasteiger partial charge in [0.05, 0.1) is 12.2 Å². The third kappa shape index (κ3) is 8.38. The smallest absolute Gasteiger partial charge is 0.299 e. The lowest BCUT2D eigenvalue weighted by Crippen LogP contribution is -2.32. The molecule has 162 valence electrons. The van der Waals surface area contributed by atoms with Crippen molar-refractivity contribution in [3.8, 4) is 0 Å². The van der Waals surface area contributed by atoms with Crippen LogP contribution in [0.3, 0.4) is 0 Å². The van der Waals surface area contributed by atoms with Gasteiger partial charge in [-0.2, -0.15) is 0 Å². The van der Waals surface area contributed by atoms with Gasteiger partial charge in [0.2, 0.25) is 5.52 Å². The first-order chi connectivity index (χ1) is 12.4. The van der Waals surface area contributed by atoms with Crippen molar-refractivity contribution in [2.75, 3.05) is 0 Å². The monoisotopic (exact) mass is 404 g/mol. The van der Waals surface area contributed by atoms with Gasteiger partial charge in [-0.3, -0.25) is 18.4 Å². The van der Waals surface area contributed by atoms with Crippen LogP contribution in [0.1, 0.15) is 94.9 Å². The minimum atomic E-state index is -3.89. The zero-order valence-electron chi connectivity index (χ0n) is 19.5. The van der Waals surface area contributed by atoms with Crippen molar-refractivity contribution in [2.24, 2.45) is 29.6 Å². The second-order valence-electron chi connectivity index (χ2n) is 9.20. The van der Waals surface area contributed by atoms with E-state index in [9.17, 15) is 9.36 Å². The van der Waals surface area contributed by atoms with Crippen LogP contribution in [0.25, 0.3) is 0 Å².